The van der Waals surface area contributed by atoms with Gasteiger partial charge in [0.1, 0.15) is 5.82 Å². The van der Waals surface area contributed by atoms with Gasteiger partial charge in [-0.3, -0.25) is 4.79 Å². The minimum Gasteiger partial charge on any atom is -0.411 e. The zero-order valence-electron chi connectivity index (χ0n) is 9.97. The van der Waals surface area contributed by atoms with Crippen LogP contribution in [0.3, 0.4) is 0 Å². The van der Waals surface area contributed by atoms with Crippen molar-refractivity contribution in [1.82, 2.24) is 4.90 Å². The monoisotopic (exact) mass is 250 g/mol. The molecule has 0 radical (unpaired) electrons. The van der Waals surface area contributed by atoms with Crippen LogP contribution in [0.15, 0.2) is 29.4 Å². The van der Waals surface area contributed by atoms with Gasteiger partial charge in [0.25, 0.3) is 0 Å². The number of likely N-dealkylation sites (tertiary alicyclic amines) is 1. The second-order valence-electron chi connectivity index (χ2n) is 4.32. The first-order chi connectivity index (χ1) is 8.70. The summed E-state index contributed by atoms with van der Waals surface area (Å²) < 4.78 is 13.4. The molecule has 1 saturated heterocycles. The van der Waals surface area contributed by atoms with Crippen LogP contribution < -0.4 is 0 Å². The molecule has 1 N–H and O–H groups in total. The lowest BCUT2D eigenvalue weighted by Crippen LogP contribution is -2.39. The number of carbonyl (C=O) groups excluding carboxylic acids is 1. The highest BCUT2D eigenvalue weighted by Crippen LogP contribution is 2.12. The van der Waals surface area contributed by atoms with Crippen LogP contribution in [-0.2, 0) is 11.2 Å². The number of hydrogen-bond donors (Lipinski definition) is 1. The Hall–Kier alpha value is -1.91. The molecule has 0 unspecified atom stereocenters. The van der Waals surface area contributed by atoms with Crippen molar-refractivity contribution in [2.75, 3.05) is 13.1 Å². The van der Waals surface area contributed by atoms with Gasteiger partial charge in [-0.2, -0.15) is 0 Å². The molecule has 1 aromatic carbocycles. The van der Waals surface area contributed by atoms with Crippen molar-refractivity contribution in [3.63, 3.8) is 0 Å². The Morgan fingerprint density at radius 3 is 2.61 bits per heavy atom. The van der Waals surface area contributed by atoms with Crippen molar-refractivity contribution in [3.05, 3.63) is 35.6 Å². The van der Waals surface area contributed by atoms with Gasteiger partial charge in [-0.15, -0.1) is 0 Å². The topological polar surface area (TPSA) is 52.9 Å². The second kappa shape index (κ2) is 5.62. The number of rotatable bonds is 2. The molecule has 5 heteroatoms. The maximum Gasteiger partial charge on any atom is 0.227 e. The van der Waals surface area contributed by atoms with Crippen LogP contribution >= 0.6 is 0 Å². The minimum atomic E-state index is -0.347. The molecule has 18 heavy (non-hydrogen) atoms. The molecule has 96 valence electrons. The van der Waals surface area contributed by atoms with Crippen molar-refractivity contribution >= 4 is 11.6 Å². The smallest absolute Gasteiger partial charge is 0.227 e. The van der Waals surface area contributed by atoms with Gasteiger partial charge in [0.2, 0.25) is 5.91 Å². The Kier molecular flexibility index (Phi) is 3.92. The average Bonchev–Trinajstić information content (AvgIpc) is 2.41. The second-order valence-corrected chi connectivity index (χ2v) is 4.32. The van der Waals surface area contributed by atoms with Crippen molar-refractivity contribution in [2.45, 2.75) is 19.3 Å². The van der Waals surface area contributed by atoms with Crippen molar-refractivity contribution in [1.29, 1.82) is 0 Å². The fourth-order valence-corrected chi connectivity index (χ4v) is 2.03. The number of amides is 1. The van der Waals surface area contributed by atoms with E-state index < -0.39 is 0 Å². The van der Waals surface area contributed by atoms with E-state index in [0.717, 1.165) is 0 Å². The van der Waals surface area contributed by atoms with Gasteiger partial charge in [0, 0.05) is 25.9 Å². The highest BCUT2D eigenvalue weighted by atomic mass is 19.1. The molecule has 0 atom stereocenters. The zero-order valence-corrected chi connectivity index (χ0v) is 9.97. The number of nitrogens with zero attached hydrogens (tertiary/aromatic N) is 2. The standard InChI is InChI=1S/C13H15FN2O2/c14-12-4-2-1-3-10(12)9-13(17)16-7-5-11(15-18)6-8-16/h1-4,18H,5-9H2. The van der Waals surface area contributed by atoms with E-state index in [1.54, 1.807) is 23.1 Å². The van der Waals surface area contributed by atoms with Crippen LogP contribution in [0.4, 0.5) is 4.39 Å². The quantitative estimate of drug-likeness (QED) is 0.643. The van der Waals surface area contributed by atoms with Crippen LogP contribution in [0.1, 0.15) is 18.4 Å². The highest BCUT2D eigenvalue weighted by Gasteiger charge is 2.20. The molecule has 0 bridgehead atoms. The van der Waals surface area contributed by atoms with Crippen LogP contribution in [-0.4, -0.2) is 34.8 Å². The fraction of sp³-hybridized carbons (Fsp3) is 0.385. The fourth-order valence-electron chi connectivity index (χ4n) is 2.03. The average molecular weight is 250 g/mol. The number of piperidine rings is 1. The first-order valence-electron chi connectivity index (χ1n) is 5.91. The van der Waals surface area contributed by atoms with Crippen LogP contribution in [0, 0.1) is 5.82 Å². The van der Waals surface area contributed by atoms with Crippen molar-refractivity contribution in [2.24, 2.45) is 5.16 Å². The van der Waals surface area contributed by atoms with E-state index in [1.165, 1.54) is 6.07 Å². The Morgan fingerprint density at radius 1 is 1.33 bits per heavy atom. The summed E-state index contributed by atoms with van der Waals surface area (Å²) in [7, 11) is 0. The van der Waals surface area contributed by atoms with E-state index in [1.807, 2.05) is 0 Å². The first kappa shape index (κ1) is 12.5. The molecule has 1 aromatic rings. The maximum atomic E-state index is 13.4. The van der Waals surface area contributed by atoms with Gasteiger partial charge in [0.05, 0.1) is 12.1 Å². The summed E-state index contributed by atoms with van der Waals surface area (Å²) in [5.74, 6) is -0.433. The summed E-state index contributed by atoms with van der Waals surface area (Å²) in [6.45, 7) is 1.07. The van der Waals surface area contributed by atoms with Gasteiger partial charge in [-0.25, -0.2) is 4.39 Å². The van der Waals surface area contributed by atoms with Crippen molar-refractivity contribution in [3.8, 4) is 0 Å². The third-order valence-electron chi connectivity index (χ3n) is 3.13. The van der Waals surface area contributed by atoms with E-state index in [2.05, 4.69) is 5.16 Å². The number of halogens is 1. The lowest BCUT2D eigenvalue weighted by Gasteiger charge is -2.27. The van der Waals surface area contributed by atoms with Gasteiger partial charge in [-0.05, 0) is 11.6 Å². The van der Waals surface area contributed by atoms with Crippen LogP contribution in [0.25, 0.3) is 0 Å². The molecule has 0 aromatic heterocycles. The van der Waals surface area contributed by atoms with E-state index >= 15 is 0 Å². The first-order valence-corrected chi connectivity index (χ1v) is 5.91. The Bertz CT molecular complexity index is 464. The predicted molar refractivity (Wildman–Crippen MR) is 65.1 cm³/mol. The number of benzene rings is 1. The lowest BCUT2D eigenvalue weighted by molar-refractivity contribution is -0.130. The predicted octanol–water partition coefficient (Wildman–Crippen LogP) is 1.82. The van der Waals surface area contributed by atoms with Crippen LogP contribution in [0.5, 0.6) is 0 Å². The molecular weight excluding hydrogens is 235 g/mol. The van der Waals surface area contributed by atoms with E-state index in [4.69, 9.17) is 5.21 Å². The lowest BCUT2D eigenvalue weighted by atomic mass is 10.1. The van der Waals surface area contributed by atoms with Crippen molar-refractivity contribution < 1.29 is 14.4 Å². The molecule has 4 nitrogen and oxygen atoms in total. The normalized spacial score (nSPS) is 15.6. The van der Waals surface area contributed by atoms with E-state index in [-0.39, 0.29) is 18.1 Å². The summed E-state index contributed by atoms with van der Waals surface area (Å²) >= 11 is 0. The summed E-state index contributed by atoms with van der Waals surface area (Å²) in [5, 5.41) is 11.8. The SMILES string of the molecule is O=C(Cc1ccccc1F)N1CCC(=NO)CC1. The summed E-state index contributed by atoms with van der Waals surface area (Å²) in [6, 6.07) is 6.31. The molecule has 1 aliphatic heterocycles. The van der Waals surface area contributed by atoms with Gasteiger partial charge >= 0.3 is 0 Å². The molecule has 0 spiro atoms. The molecule has 1 aliphatic rings. The molecule has 0 aliphatic carbocycles. The molecular formula is C13H15FN2O2. The van der Waals surface area contributed by atoms with Gasteiger partial charge in [0.15, 0.2) is 0 Å². The number of oxime groups is 1. The van der Waals surface area contributed by atoms with Crippen LogP contribution in [0.2, 0.25) is 0 Å². The molecule has 2 rings (SSSR count). The summed E-state index contributed by atoms with van der Waals surface area (Å²) in [6.07, 6.45) is 1.25. The maximum absolute atomic E-state index is 13.4. The third-order valence-corrected chi connectivity index (χ3v) is 3.13. The number of carbonyl (C=O) groups is 1. The number of hydrogen-bond acceptors (Lipinski definition) is 3. The summed E-state index contributed by atoms with van der Waals surface area (Å²) in [4.78, 5) is 13.7. The Balaban J connectivity index is 1.95. The van der Waals surface area contributed by atoms with E-state index in [0.29, 0.717) is 37.2 Å². The van der Waals surface area contributed by atoms with Gasteiger partial charge in [-0.1, -0.05) is 23.4 Å². The van der Waals surface area contributed by atoms with Gasteiger partial charge < -0.3 is 10.1 Å². The third kappa shape index (κ3) is 2.85. The minimum absolute atomic E-state index is 0.0816. The summed E-state index contributed by atoms with van der Waals surface area (Å²) in [5.41, 5.74) is 1.13. The largest absolute Gasteiger partial charge is 0.411 e. The molecule has 1 amide bonds. The zero-order chi connectivity index (χ0) is 13.0. The molecule has 0 saturated carbocycles. The Morgan fingerprint density at radius 2 is 2.00 bits per heavy atom. The Labute approximate surface area is 105 Å². The highest BCUT2D eigenvalue weighted by molar-refractivity contribution is 5.87. The van der Waals surface area contributed by atoms with E-state index in [9.17, 15) is 9.18 Å². The molecule has 1 fully saturated rings. The molecule has 1 heterocycles.